The van der Waals surface area contributed by atoms with Gasteiger partial charge in [-0.3, -0.25) is 4.79 Å². The molecule has 3 aromatic heterocycles. The molecule has 0 aliphatic heterocycles. The van der Waals surface area contributed by atoms with E-state index in [-0.39, 0.29) is 11.7 Å². The summed E-state index contributed by atoms with van der Waals surface area (Å²) < 4.78 is 7.47. The van der Waals surface area contributed by atoms with E-state index < -0.39 is 0 Å². The Morgan fingerprint density at radius 3 is 2.92 bits per heavy atom. The van der Waals surface area contributed by atoms with Crippen LogP contribution in [0.4, 0.5) is 5.13 Å². The number of anilines is 1. The summed E-state index contributed by atoms with van der Waals surface area (Å²) in [5.41, 5.74) is 0. The van der Waals surface area contributed by atoms with Gasteiger partial charge in [-0.05, 0) is 12.1 Å². The minimum Gasteiger partial charge on any atom is -0.454 e. The summed E-state index contributed by atoms with van der Waals surface area (Å²) in [6.07, 6.45) is 3.53. The molecule has 0 aliphatic rings. The summed E-state index contributed by atoms with van der Waals surface area (Å²) in [4.78, 5) is 23.0. The highest BCUT2D eigenvalue weighted by atomic mass is 35.5. The molecule has 24 heavy (non-hydrogen) atoms. The van der Waals surface area contributed by atoms with Crippen LogP contribution in [0.5, 0.6) is 0 Å². The maximum absolute atomic E-state index is 11.6. The van der Waals surface area contributed by atoms with Crippen LogP contribution in [0.15, 0.2) is 28.9 Å². The summed E-state index contributed by atoms with van der Waals surface area (Å²) in [6.45, 7) is 0.442. The first-order valence-electron chi connectivity index (χ1n) is 7.15. The summed E-state index contributed by atoms with van der Waals surface area (Å²) >= 11 is 7.73. The van der Waals surface area contributed by atoms with Crippen LogP contribution in [0, 0.1) is 0 Å². The van der Waals surface area contributed by atoms with E-state index in [0.717, 1.165) is 10.0 Å². The fourth-order valence-electron chi connectivity index (χ4n) is 2.14. The first-order valence-corrected chi connectivity index (χ1v) is 8.35. The lowest BCUT2D eigenvalue weighted by Crippen LogP contribution is -2.16. The molecule has 0 fully saturated rings. The second kappa shape index (κ2) is 6.66. The number of amides is 1. The van der Waals surface area contributed by atoms with Crippen molar-refractivity contribution >= 4 is 34.0 Å². The number of aromatic nitrogens is 3. The monoisotopic (exact) mass is 365 g/mol. The van der Waals surface area contributed by atoms with E-state index in [4.69, 9.17) is 16.0 Å². The highest BCUT2D eigenvalue weighted by molar-refractivity contribution is 7.19. The molecule has 0 saturated heterocycles. The van der Waals surface area contributed by atoms with Gasteiger partial charge in [0.1, 0.15) is 10.6 Å². The van der Waals surface area contributed by atoms with Crippen LogP contribution < -0.4 is 10.2 Å². The third-order valence-corrected chi connectivity index (χ3v) is 4.92. The van der Waals surface area contributed by atoms with E-state index in [2.05, 4.69) is 15.3 Å². The fourth-order valence-corrected chi connectivity index (χ4v) is 3.37. The molecule has 0 saturated carbocycles. The Bertz CT molecular complexity index is 867. The number of thiazole rings is 1. The van der Waals surface area contributed by atoms with Gasteiger partial charge in [0.15, 0.2) is 21.9 Å². The Morgan fingerprint density at radius 2 is 2.25 bits per heavy atom. The van der Waals surface area contributed by atoms with Crippen molar-refractivity contribution in [1.82, 2.24) is 19.9 Å². The molecule has 0 radical (unpaired) electrons. The van der Waals surface area contributed by atoms with Crippen molar-refractivity contribution in [3.05, 3.63) is 41.2 Å². The highest BCUT2D eigenvalue weighted by Gasteiger charge is 2.18. The largest absolute Gasteiger partial charge is 0.454 e. The number of nitrogens with zero attached hydrogens (tertiary/aromatic N) is 4. The van der Waals surface area contributed by atoms with Crippen molar-refractivity contribution in [2.24, 2.45) is 0 Å². The van der Waals surface area contributed by atoms with Gasteiger partial charge in [0.25, 0.3) is 5.91 Å². The molecule has 0 atom stereocenters. The van der Waals surface area contributed by atoms with Gasteiger partial charge in [-0.2, -0.15) is 0 Å². The first kappa shape index (κ1) is 16.5. The van der Waals surface area contributed by atoms with E-state index in [0.29, 0.717) is 23.3 Å². The molecule has 3 aromatic rings. The lowest BCUT2D eigenvalue weighted by atomic mass is 10.4. The van der Waals surface area contributed by atoms with Gasteiger partial charge in [-0.25, -0.2) is 9.97 Å². The van der Waals surface area contributed by atoms with Crippen LogP contribution in [-0.4, -0.2) is 41.6 Å². The molecule has 3 heterocycles. The second-order valence-electron chi connectivity index (χ2n) is 5.23. The van der Waals surface area contributed by atoms with Crippen molar-refractivity contribution in [2.45, 2.75) is 6.54 Å². The van der Waals surface area contributed by atoms with E-state index in [9.17, 15) is 4.79 Å². The van der Waals surface area contributed by atoms with Gasteiger partial charge in [-0.15, -0.1) is 0 Å². The van der Waals surface area contributed by atoms with Gasteiger partial charge < -0.3 is 19.2 Å². The number of hydrogen-bond acceptors (Lipinski definition) is 6. The lowest BCUT2D eigenvalue weighted by molar-refractivity contribution is 0.0933. The topological polar surface area (TPSA) is 76.2 Å². The molecule has 126 valence electrons. The van der Waals surface area contributed by atoms with Crippen molar-refractivity contribution in [2.75, 3.05) is 26.0 Å². The number of carbonyl (C=O) groups is 1. The number of imidazole rings is 1. The number of nitrogens with one attached hydrogen (secondary N) is 1. The zero-order valence-corrected chi connectivity index (χ0v) is 15.0. The Hall–Kier alpha value is -2.32. The molecule has 1 N–H and O–H groups in total. The molecule has 1 amide bonds. The molecular formula is C15H16ClN5O2S. The summed E-state index contributed by atoms with van der Waals surface area (Å²) in [5.74, 6) is 1.39. The van der Waals surface area contributed by atoms with E-state index in [1.54, 1.807) is 25.4 Å². The molecule has 0 unspecified atom stereocenters. The molecule has 0 spiro atoms. The van der Waals surface area contributed by atoms with Gasteiger partial charge >= 0.3 is 0 Å². The van der Waals surface area contributed by atoms with Gasteiger partial charge in [-0.1, -0.05) is 22.9 Å². The van der Waals surface area contributed by atoms with Crippen molar-refractivity contribution in [3.63, 3.8) is 0 Å². The summed E-state index contributed by atoms with van der Waals surface area (Å²) in [6, 6.07) is 3.42. The second-order valence-corrected chi connectivity index (χ2v) is 6.57. The van der Waals surface area contributed by atoms with Crippen LogP contribution in [0.3, 0.4) is 0 Å². The van der Waals surface area contributed by atoms with Crippen LogP contribution in [0.25, 0.3) is 10.7 Å². The van der Waals surface area contributed by atoms with Crippen molar-refractivity contribution in [1.29, 1.82) is 0 Å². The van der Waals surface area contributed by atoms with Crippen LogP contribution in [0.1, 0.15) is 16.3 Å². The third kappa shape index (κ3) is 3.15. The highest BCUT2D eigenvalue weighted by Crippen LogP contribution is 2.36. The Labute approximate surface area is 147 Å². The third-order valence-electron chi connectivity index (χ3n) is 3.31. The molecule has 7 nitrogen and oxygen atoms in total. The van der Waals surface area contributed by atoms with E-state index in [1.165, 1.54) is 11.3 Å². The predicted octanol–water partition coefficient (Wildman–Crippen LogP) is 2.73. The standard InChI is InChI=1S/C15H16ClN5O2S/c1-17-14(22)10-5-4-9(23-10)8-21-7-6-18-13(21)11-12(16)19-15(24-11)20(2)3/h4-7H,8H2,1-3H3,(H,17,22). The quantitative estimate of drug-likeness (QED) is 0.752. The molecule has 3 rings (SSSR count). The zero-order valence-electron chi connectivity index (χ0n) is 13.4. The number of rotatable bonds is 5. The van der Waals surface area contributed by atoms with Gasteiger partial charge in [0.2, 0.25) is 0 Å². The Balaban J connectivity index is 1.88. The zero-order chi connectivity index (χ0) is 17.3. The smallest absolute Gasteiger partial charge is 0.286 e. The SMILES string of the molecule is CNC(=O)c1ccc(Cn2ccnc2-c2sc(N(C)C)nc2Cl)o1. The van der Waals surface area contributed by atoms with Crippen molar-refractivity contribution in [3.8, 4) is 10.7 Å². The predicted molar refractivity (Wildman–Crippen MR) is 93.9 cm³/mol. The number of hydrogen-bond donors (Lipinski definition) is 1. The molecular weight excluding hydrogens is 350 g/mol. The molecule has 0 aliphatic carbocycles. The van der Waals surface area contributed by atoms with Gasteiger partial charge in [0.05, 0.1) is 6.54 Å². The normalized spacial score (nSPS) is 10.8. The first-order chi connectivity index (χ1) is 11.5. The number of halogens is 1. The van der Waals surface area contributed by atoms with Crippen molar-refractivity contribution < 1.29 is 9.21 Å². The number of carbonyl (C=O) groups excluding carboxylic acids is 1. The van der Waals surface area contributed by atoms with Crippen LogP contribution >= 0.6 is 22.9 Å². The maximum Gasteiger partial charge on any atom is 0.286 e. The van der Waals surface area contributed by atoms with Crippen LogP contribution in [0.2, 0.25) is 5.15 Å². The maximum atomic E-state index is 11.6. The number of furan rings is 1. The average molecular weight is 366 g/mol. The minimum atomic E-state index is -0.256. The van der Waals surface area contributed by atoms with Gasteiger partial charge in [0, 0.05) is 33.5 Å². The Morgan fingerprint density at radius 1 is 1.46 bits per heavy atom. The molecule has 0 bridgehead atoms. The average Bonchev–Trinajstić information content (AvgIpc) is 3.26. The molecule has 9 heteroatoms. The van der Waals surface area contributed by atoms with E-state index >= 15 is 0 Å². The fraction of sp³-hybridized carbons (Fsp3) is 0.267. The van der Waals surface area contributed by atoms with Crippen LogP contribution in [-0.2, 0) is 6.54 Å². The Kier molecular flexibility index (Phi) is 4.59. The summed E-state index contributed by atoms with van der Waals surface area (Å²) in [5, 5.41) is 3.76. The lowest BCUT2D eigenvalue weighted by Gasteiger charge is -2.06. The summed E-state index contributed by atoms with van der Waals surface area (Å²) in [7, 11) is 5.38. The van der Waals surface area contributed by atoms with E-state index in [1.807, 2.05) is 29.8 Å². The molecule has 0 aromatic carbocycles. The minimum absolute atomic E-state index is 0.256.